The molecule has 2 N–H and O–H groups in total. The van der Waals surface area contributed by atoms with E-state index in [9.17, 15) is 18.0 Å². The summed E-state index contributed by atoms with van der Waals surface area (Å²) in [5, 5.41) is 7.26. The number of hydrogen-bond acceptors (Lipinski definition) is 6. The van der Waals surface area contributed by atoms with Gasteiger partial charge < -0.3 is 15.5 Å². The Labute approximate surface area is 203 Å². The number of fused-ring (bicyclic) bond motifs is 1. The number of benzene rings is 1. The highest BCUT2D eigenvalue weighted by atomic mass is 35.5. The van der Waals surface area contributed by atoms with Crippen molar-refractivity contribution in [1.29, 1.82) is 0 Å². The molecule has 3 heterocycles. The van der Waals surface area contributed by atoms with Crippen LogP contribution >= 0.6 is 22.9 Å². The van der Waals surface area contributed by atoms with Crippen molar-refractivity contribution >= 4 is 50.6 Å². The highest BCUT2D eigenvalue weighted by Crippen LogP contribution is 2.50. The number of hydrogen-bond donors (Lipinski definition) is 2. The Morgan fingerprint density at radius 1 is 1.29 bits per heavy atom. The van der Waals surface area contributed by atoms with Crippen LogP contribution in [0.15, 0.2) is 30.6 Å². The molecule has 0 radical (unpaired) electrons. The van der Waals surface area contributed by atoms with Crippen LogP contribution in [0.3, 0.4) is 0 Å². The molecular weight excluding hydrogens is 487 g/mol. The number of thiophene rings is 1. The van der Waals surface area contributed by atoms with Crippen LogP contribution < -0.4 is 15.5 Å². The van der Waals surface area contributed by atoms with Crippen molar-refractivity contribution in [2.75, 3.05) is 30.4 Å². The SMILES string of the molecule is CNC(=O)c1ccc(NC2CC3(CCN(c4ncnc5sc(CC(F)(F)F)cc45)C3)C2)c(Cl)c1. The number of aromatic nitrogens is 2. The zero-order valence-corrected chi connectivity index (χ0v) is 19.9. The molecule has 11 heteroatoms. The fourth-order valence-corrected chi connectivity index (χ4v) is 6.36. The fourth-order valence-electron chi connectivity index (χ4n) is 5.10. The summed E-state index contributed by atoms with van der Waals surface area (Å²) in [7, 11) is 1.58. The first kappa shape index (κ1) is 23.2. The van der Waals surface area contributed by atoms with E-state index in [1.54, 1.807) is 25.2 Å². The molecule has 2 aromatic heterocycles. The fraction of sp³-hybridized carbons (Fsp3) is 0.435. The van der Waals surface area contributed by atoms with E-state index in [1.165, 1.54) is 6.33 Å². The highest BCUT2D eigenvalue weighted by molar-refractivity contribution is 7.18. The summed E-state index contributed by atoms with van der Waals surface area (Å²) in [6.07, 6.45) is -0.822. The molecule has 1 amide bonds. The minimum Gasteiger partial charge on any atom is -0.381 e. The van der Waals surface area contributed by atoms with Gasteiger partial charge in [-0.05, 0) is 48.9 Å². The Morgan fingerprint density at radius 2 is 2.09 bits per heavy atom. The van der Waals surface area contributed by atoms with Crippen LogP contribution in [0.2, 0.25) is 5.02 Å². The third-order valence-corrected chi connectivity index (χ3v) is 8.00. The molecule has 6 nitrogen and oxygen atoms in total. The number of carbonyl (C=O) groups is 1. The number of alkyl halides is 3. The van der Waals surface area contributed by atoms with Gasteiger partial charge in [0, 0.05) is 36.6 Å². The lowest BCUT2D eigenvalue weighted by molar-refractivity contribution is -0.126. The first-order valence-electron chi connectivity index (χ1n) is 11.0. The lowest BCUT2D eigenvalue weighted by Gasteiger charge is -2.46. The van der Waals surface area contributed by atoms with Gasteiger partial charge in [0.2, 0.25) is 0 Å². The van der Waals surface area contributed by atoms with E-state index in [4.69, 9.17) is 11.6 Å². The summed E-state index contributed by atoms with van der Waals surface area (Å²) >= 11 is 7.45. The van der Waals surface area contributed by atoms with Crippen LogP contribution in [0.1, 0.15) is 34.5 Å². The van der Waals surface area contributed by atoms with Crippen LogP contribution in [-0.4, -0.2) is 48.2 Å². The maximum Gasteiger partial charge on any atom is 0.393 e. The predicted molar refractivity (Wildman–Crippen MR) is 128 cm³/mol. The van der Waals surface area contributed by atoms with Gasteiger partial charge in [-0.15, -0.1) is 11.3 Å². The third kappa shape index (κ3) is 4.53. The maximum absolute atomic E-state index is 12.8. The summed E-state index contributed by atoms with van der Waals surface area (Å²) in [6, 6.07) is 7.08. The van der Waals surface area contributed by atoms with Gasteiger partial charge >= 0.3 is 6.18 Å². The summed E-state index contributed by atoms with van der Waals surface area (Å²) in [4.78, 5) is 23.4. The van der Waals surface area contributed by atoms with Crippen molar-refractivity contribution in [2.45, 2.75) is 37.9 Å². The molecule has 2 aliphatic rings. The zero-order chi connectivity index (χ0) is 24.1. The molecule has 1 spiro atoms. The van der Waals surface area contributed by atoms with E-state index in [-0.39, 0.29) is 22.2 Å². The van der Waals surface area contributed by atoms with Gasteiger partial charge in [-0.2, -0.15) is 13.2 Å². The second-order valence-corrected chi connectivity index (χ2v) is 10.6. The monoisotopic (exact) mass is 509 g/mol. The van der Waals surface area contributed by atoms with Crippen LogP contribution in [0, 0.1) is 5.41 Å². The second-order valence-electron chi connectivity index (χ2n) is 9.12. The van der Waals surface area contributed by atoms with Gasteiger partial charge in [0.05, 0.1) is 22.5 Å². The molecule has 1 aliphatic carbocycles. The van der Waals surface area contributed by atoms with Gasteiger partial charge in [0.1, 0.15) is 17.0 Å². The number of halogens is 4. The summed E-state index contributed by atoms with van der Waals surface area (Å²) in [6.45, 7) is 1.62. The first-order chi connectivity index (χ1) is 16.1. The Kier molecular flexibility index (Phi) is 5.84. The van der Waals surface area contributed by atoms with Crippen molar-refractivity contribution in [3.63, 3.8) is 0 Å². The van der Waals surface area contributed by atoms with Gasteiger partial charge in [0.15, 0.2) is 0 Å². The van der Waals surface area contributed by atoms with Crippen molar-refractivity contribution in [3.05, 3.63) is 46.1 Å². The summed E-state index contributed by atoms with van der Waals surface area (Å²) < 4.78 is 38.5. The van der Waals surface area contributed by atoms with E-state index >= 15 is 0 Å². The molecule has 180 valence electrons. The van der Waals surface area contributed by atoms with E-state index in [1.807, 2.05) is 6.07 Å². The summed E-state index contributed by atoms with van der Waals surface area (Å²) in [5.74, 6) is 0.535. The van der Waals surface area contributed by atoms with Crippen LogP contribution in [0.5, 0.6) is 0 Å². The number of nitrogens with zero attached hydrogens (tertiary/aromatic N) is 3. The number of carbonyl (C=O) groups excluding carboxylic acids is 1. The number of amides is 1. The molecule has 1 saturated heterocycles. The molecular formula is C23H23ClF3N5OS. The van der Waals surface area contributed by atoms with E-state index in [0.29, 0.717) is 20.8 Å². The summed E-state index contributed by atoms with van der Waals surface area (Å²) in [5.41, 5.74) is 1.46. The van der Waals surface area contributed by atoms with Crippen molar-refractivity contribution in [2.24, 2.45) is 5.41 Å². The van der Waals surface area contributed by atoms with E-state index < -0.39 is 12.6 Å². The largest absolute Gasteiger partial charge is 0.393 e. The average molecular weight is 510 g/mol. The lowest BCUT2D eigenvalue weighted by atomic mass is 9.65. The van der Waals surface area contributed by atoms with Crippen LogP contribution in [0.4, 0.5) is 24.7 Å². The molecule has 2 fully saturated rings. The molecule has 1 saturated carbocycles. The Morgan fingerprint density at radius 3 is 2.79 bits per heavy atom. The smallest absolute Gasteiger partial charge is 0.381 e. The van der Waals surface area contributed by atoms with Gasteiger partial charge in [0.25, 0.3) is 5.91 Å². The average Bonchev–Trinajstić information content (AvgIpc) is 3.36. The number of anilines is 2. The highest BCUT2D eigenvalue weighted by Gasteiger charge is 2.49. The minimum absolute atomic E-state index is 0.147. The van der Waals surface area contributed by atoms with Gasteiger partial charge in [-0.1, -0.05) is 11.6 Å². The van der Waals surface area contributed by atoms with Crippen molar-refractivity contribution in [1.82, 2.24) is 15.3 Å². The van der Waals surface area contributed by atoms with Crippen molar-refractivity contribution in [3.8, 4) is 0 Å². The lowest BCUT2D eigenvalue weighted by Crippen LogP contribution is -2.46. The predicted octanol–water partition coefficient (Wildman–Crippen LogP) is 5.28. The topological polar surface area (TPSA) is 70.2 Å². The number of nitrogens with one attached hydrogen (secondary N) is 2. The standard InChI is InChI=1S/C23H23ClF3N5OS/c1-28-20(33)13-2-3-18(17(24)6-13)31-14-8-22(9-14)4-5-32(11-22)19-16-7-15(10-23(25,26)27)34-21(16)30-12-29-19/h2-3,6-7,12,14,31H,4-5,8-11H2,1H3,(H,28,33). The minimum atomic E-state index is -4.24. The van der Waals surface area contributed by atoms with Crippen LogP contribution in [0.25, 0.3) is 10.2 Å². The Balaban J connectivity index is 1.24. The van der Waals surface area contributed by atoms with Gasteiger partial charge in [-0.3, -0.25) is 4.79 Å². The normalized spacial score (nSPS) is 22.3. The number of rotatable bonds is 5. The Hall–Kier alpha value is -2.59. The Bertz CT molecular complexity index is 1240. The second kappa shape index (κ2) is 8.57. The molecule has 0 bridgehead atoms. The van der Waals surface area contributed by atoms with Crippen molar-refractivity contribution < 1.29 is 18.0 Å². The van der Waals surface area contributed by atoms with E-state index in [2.05, 4.69) is 25.5 Å². The third-order valence-electron chi connectivity index (χ3n) is 6.65. The quantitative estimate of drug-likeness (QED) is 0.489. The molecule has 0 unspecified atom stereocenters. The van der Waals surface area contributed by atoms with E-state index in [0.717, 1.165) is 55.2 Å². The maximum atomic E-state index is 12.8. The molecule has 1 aliphatic heterocycles. The molecule has 34 heavy (non-hydrogen) atoms. The molecule has 1 aromatic carbocycles. The molecule has 3 aromatic rings. The van der Waals surface area contributed by atoms with Crippen LogP contribution in [-0.2, 0) is 6.42 Å². The molecule has 0 atom stereocenters. The molecule has 5 rings (SSSR count). The first-order valence-corrected chi connectivity index (χ1v) is 12.2. The zero-order valence-electron chi connectivity index (χ0n) is 18.4. The van der Waals surface area contributed by atoms with Gasteiger partial charge in [-0.25, -0.2) is 9.97 Å².